The van der Waals surface area contributed by atoms with E-state index < -0.39 is 10.0 Å². The number of aromatic nitrogens is 2. The predicted octanol–water partition coefficient (Wildman–Crippen LogP) is 3.81. The number of nitrogens with one attached hydrogen (secondary N) is 1. The Morgan fingerprint density at radius 2 is 1.85 bits per heavy atom. The van der Waals surface area contributed by atoms with E-state index in [0.29, 0.717) is 11.7 Å². The average Bonchev–Trinajstić information content (AvgIpc) is 3.49. The van der Waals surface area contributed by atoms with Crippen molar-refractivity contribution < 1.29 is 13.2 Å². The Hall–Kier alpha value is -3.01. The van der Waals surface area contributed by atoms with Gasteiger partial charge in [0.15, 0.2) is 0 Å². The highest BCUT2D eigenvalue weighted by atomic mass is 32.2. The van der Waals surface area contributed by atoms with E-state index in [1.54, 1.807) is 16.8 Å². The van der Waals surface area contributed by atoms with Crippen molar-refractivity contribution in [3.63, 3.8) is 0 Å². The number of nitrogens with two attached hydrogens (primary N) is 1. The molecule has 4 rings (SSSR count). The number of carbonyl (C=O) groups is 1. The molecule has 1 saturated carbocycles. The van der Waals surface area contributed by atoms with Crippen LogP contribution in [0.2, 0.25) is 0 Å². The molecular formula is C25H31N5O3S. The number of sulfonamides is 1. The van der Waals surface area contributed by atoms with Crippen molar-refractivity contribution in [2.75, 3.05) is 18.9 Å². The van der Waals surface area contributed by atoms with Gasteiger partial charge in [0, 0.05) is 18.0 Å². The van der Waals surface area contributed by atoms with Gasteiger partial charge >= 0.3 is 0 Å². The number of likely N-dealkylation sites (N-methyl/N-ethyl adjacent to an activating group) is 1. The van der Waals surface area contributed by atoms with E-state index in [-0.39, 0.29) is 23.4 Å². The lowest BCUT2D eigenvalue weighted by Crippen LogP contribution is -2.32. The fraction of sp³-hybridized carbons (Fsp3) is 0.360. The molecular weight excluding hydrogens is 450 g/mol. The Labute approximate surface area is 200 Å². The number of benzene rings is 2. The molecule has 3 N–H and O–H groups in total. The minimum Gasteiger partial charge on any atom is -0.309 e. The van der Waals surface area contributed by atoms with Crippen LogP contribution in [0.3, 0.4) is 0 Å². The van der Waals surface area contributed by atoms with Gasteiger partial charge < -0.3 is 5.32 Å². The molecule has 0 bridgehead atoms. The number of rotatable bonds is 8. The summed E-state index contributed by atoms with van der Waals surface area (Å²) >= 11 is 0. The van der Waals surface area contributed by atoms with E-state index in [9.17, 15) is 13.2 Å². The molecule has 3 aromatic rings. The van der Waals surface area contributed by atoms with Gasteiger partial charge in [0.05, 0.1) is 22.8 Å². The third kappa shape index (κ3) is 5.55. The van der Waals surface area contributed by atoms with Crippen LogP contribution in [-0.2, 0) is 14.8 Å². The molecule has 180 valence electrons. The van der Waals surface area contributed by atoms with Crippen LogP contribution in [0.1, 0.15) is 55.8 Å². The minimum absolute atomic E-state index is 0.0564. The second-order valence-corrected chi connectivity index (χ2v) is 10.5. The van der Waals surface area contributed by atoms with Gasteiger partial charge in [0.25, 0.3) is 0 Å². The summed E-state index contributed by atoms with van der Waals surface area (Å²) in [6.07, 6.45) is 4.66. The normalized spacial score (nSPS) is 15.5. The summed E-state index contributed by atoms with van der Waals surface area (Å²) < 4.78 is 25.2. The molecule has 1 atom stereocenters. The Kier molecular flexibility index (Phi) is 7.16. The van der Waals surface area contributed by atoms with Crippen LogP contribution in [0.5, 0.6) is 0 Å². The van der Waals surface area contributed by atoms with Crippen molar-refractivity contribution >= 4 is 21.7 Å². The number of amides is 1. The maximum atomic E-state index is 13.0. The zero-order valence-electron chi connectivity index (χ0n) is 19.5. The van der Waals surface area contributed by atoms with E-state index in [1.807, 2.05) is 61.3 Å². The maximum absolute atomic E-state index is 13.0. The fourth-order valence-electron chi connectivity index (χ4n) is 4.43. The first-order chi connectivity index (χ1) is 16.2. The highest BCUT2D eigenvalue weighted by molar-refractivity contribution is 7.89. The van der Waals surface area contributed by atoms with Crippen molar-refractivity contribution in [1.82, 2.24) is 14.7 Å². The summed E-state index contributed by atoms with van der Waals surface area (Å²) in [6.45, 7) is 2.04. The van der Waals surface area contributed by atoms with Crippen LogP contribution in [0.4, 0.5) is 5.82 Å². The zero-order chi connectivity index (χ0) is 24.3. The van der Waals surface area contributed by atoms with Crippen molar-refractivity contribution in [3.05, 3.63) is 71.9 Å². The fourth-order valence-corrected chi connectivity index (χ4v) is 5.00. The van der Waals surface area contributed by atoms with Gasteiger partial charge in [-0.25, -0.2) is 18.2 Å². The molecule has 1 heterocycles. The predicted molar refractivity (Wildman–Crippen MR) is 132 cm³/mol. The average molecular weight is 482 g/mol. The van der Waals surface area contributed by atoms with Gasteiger partial charge in [-0.1, -0.05) is 43.2 Å². The summed E-state index contributed by atoms with van der Waals surface area (Å²) in [4.78, 5) is 14.9. The SMILES string of the molecule is CC(c1cccc(S(N)(=O)=O)c1)N(C)CC(=O)Nc1cc(C2CCCC2)nn1-c1ccccc1. The number of hydrogen-bond acceptors (Lipinski definition) is 5. The van der Waals surface area contributed by atoms with E-state index in [1.165, 1.54) is 18.9 Å². The van der Waals surface area contributed by atoms with E-state index in [0.717, 1.165) is 29.8 Å². The quantitative estimate of drug-likeness (QED) is 0.508. The molecule has 0 aliphatic heterocycles. The molecule has 1 aliphatic carbocycles. The highest BCUT2D eigenvalue weighted by Crippen LogP contribution is 2.35. The van der Waals surface area contributed by atoms with Crippen molar-refractivity contribution in [1.29, 1.82) is 0 Å². The lowest BCUT2D eigenvalue weighted by molar-refractivity contribution is -0.117. The number of nitrogens with zero attached hydrogens (tertiary/aromatic N) is 3. The van der Waals surface area contributed by atoms with Crippen LogP contribution in [0.15, 0.2) is 65.6 Å². The van der Waals surface area contributed by atoms with Gasteiger partial charge in [-0.05, 0) is 56.6 Å². The smallest absolute Gasteiger partial charge is 0.239 e. The summed E-state index contributed by atoms with van der Waals surface area (Å²) in [5.74, 6) is 0.900. The topological polar surface area (TPSA) is 110 Å². The van der Waals surface area contributed by atoms with Crippen molar-refractivity contribution in [2.24, 2.45) is 5.14 Å². The number of primary sulfonamides is 1. The second-order valence-electron chi connectivity index (χ2n) is 8.94. The van der Waals surface area contributed by atoms with Gasteiger partial charge in [0.1, 0.15) is 5.82 Å². The number of carbonyl (C=O) groups excluding carboxylic acids is 1. The molecule has 0 radical (unpaired) electrons. The van der Waals surface area contributed by atoms with Crippen molar-refractivity contribution in [3.8, 4) is 5.69 Å². The summed E-state index contributed by atoms with van der Waals surface area (Å²) in [7, 11) is -1.97. The summed E-state index contributed by atoms with van der Waals surface area (Å²) in [6, 6.07) is 18.1. The number of para-hydroxylation sites is 1. The molecule has 1 amide bonds. The van der Waals surface area contributed by atoms with E-state index >= 15 is 0 Å². The monoisotopic (exact) mass is 481 g/mol. The Bertz CT molecular complexity index is 1250. The lowest BCUT2D eigenvalue weighted by atomic mass is 10.0. The first-order valence-electron chi connectivity index (χ1n) is 11.5. The Morgan fingerprint density at radius 1 is 1.15 bits per heavy atom. The van der Waals surface area contributed by atoms with Crippen LogP contribution in [-0.4, -0.2) is 42.6 Å². The Morgan fingerprint density at radius 3 is 2.53 bits per heavy atom. The molecule has 0 spiro atoms. The van der Waals surface area contributed by atoms with E-state index in [4.69, 9.17) is 10.2 Å². The standard InChI is InChI=1S/C25H31N5O3S/c1-18(20-11-8-14-22(15-20)34(26,32)33)29(2)17-25(31)27-24-16-23(19-9-6-7-10-19)28-30(24)21-12-4-3-5-13-21/h3-5,8,11-16,18-19H,6-7,9-10,17H2,1-2H3,(H,27,31)(H2,26,32,33). The van der Waals surface area contributed by atoms with E-state index in [2.05, 4.69) is 5.32 Å². The third-order valence-corrected chi connectivity index (χ3v) is 7.40. The Balaban J connectivity index is 1.50. The molecule has 34 heavy (non-hydrogen) atoms. The van der Waals surface area contributed by atoms with Gasteiger partial charge in [-0.2, -0.15) is 5.10 Å². The summed E-state index contributed by atoms with van der Waals surface area (Å²) in [5.41, 5.74) is 2.67. The third-order valence-electron chi connectivity index (χ3n) is 6.49. The van der Waals surface area contributed by atoms with Gasteiger partial charge in [0.2, 0.25) is 15.9 Å². The second kappa shape index (κ2) is 10.1. The first-order valence-corrected chi connectivity index (χ1v) is 13.1. The molecule has 1 aromatic heterocycles. The molecule has 9 heteroatoms. The lowest BCUT2D eigenvalue weighted by Gasteiger charge is -2.24. The number of anilines is 1. The largest absolute Gasteiger partial charge is 0.309 e. The summed E-state index contributed by atoms with van der Waals surface area (Å²) in [5, 5.41) is 13.1. The van der Waals surface area contributed by atoms with Crippen molar-refractivity contribution in [2.45, 2.75) is 49.5 Å². The number of hydrogen-bond donors (Lipinski definition) is 2. The first kappa shape index (κ1) is 24.1. The molecule has 1 unspecified atom stereocenters. The minimum atomic E-state index is -3.79. The van der Waals surface area contributed by atoms with Crippen LogP contribution in [0.25, 0.3) is 5.69 Å². The molecule has 1 aliphatic rings. The zero-order valence-corrected chi connectivity index (χ0v) is 20.3. The van der Waals surface area contributed by atoms with Crippen LogP contribution >= 0.6 is 0 Å². The molecule has 8 nitrogen and oxygen atoms in total. The molecule has 1 fully saturated rings. The molecule has 2 aromatic carbocycles. The highest BCUT2D eigenvalue weighted by Gasteiger charge is 2.23. The van der Waals surface area contributed by atoms with Gasteiger partial charge in [-0.3, -0.25) is 9.69 Å². The maximum Gasteiger partial charge on any atom is 0.239 e. The van der Waals surface area contributed by atoms with Gasteiger partial charge in [-0.15, -0.1) is 0 Å². The molecule has 0 saturated heterocycles. The van der Waals surface area contributed by atoms with Crippen LogP contribution in [0, 0.1) is 0 Å². The van der Waals surface area contributed by atoms with Crippen LogP contribution < -0.4 is 10.5 Å².